The predicted octanol–water partition coefficient (Wildman–Crippen LogP) is 2.28. The molecule has 4 heteroatoms. The Kier molecular flexibility index (Phi) is 3.36. The highest BCUT2D eigenvalue weighted by molar-refractivity contribution is 14.1. The monoisotopic (exact) mass is 286 g/mol. The average molecular weight is 286 g/mol. The van der Waals surface area contributed by atoms with Crippen LogP contribution < -0.4 is 0 Å². The van der Waals surface area contributed by atoms with Crippen LogP contribution in [0.1, 0.15) is 27.2 Å². The Bertz CT molecular complexity index is 147. The molecule has 0 N–H and O–H groups in total. The fraction of sp³-hybridized carbons (Fsp3) is 1.00. The summed E-state index contributed by atoms with van der Waals surface area (Å²) in [7, 11) is 0. The van der Waals surface area contributed by atoms with E-state index in [-0.39, 0.29) is 5.60 Å². The lowest BCUT2D eigenvalue weighted by Crippen LogP contribution is -2.42. The molecular weight excluding hydrogens is 271 g/mol. The molecule has 1 aliphatic rings. The highest BCUT2D eigenvalue weighted by Crippen LogP contribution is 2.32. The molecule has 0 spiro atoms. The van der Waals surface area contributed by atoms with Crippen molar-refractivity contribution in [3.63, 3.8) is 0 Å². The van der Waals surface area contributed by atoms with Gasteiger partial charge in [0.05, 0.1) is 18.8 Å². The predicted molar refractivity (Wildman–Crippen MR) is 54.1 cm³/mol. The molecule has 0 amide bonds. The summed E-state index contributed by atoms with van der Waals surface area (Å²) in [4.78, 5) is 0. The van der Waals surface area contributed by atoms with Crippen LogP contribution in [0.4, 0.5) is 0 Å². The Labute approximate surface area is 86.9 Å². The van der Waals surface area contributed by atoms with Gasteiger partial charge in [-0.3, -0.25) is 0 Å². The van der Waals surface area contributed by atoms with Crippen molar-refractivity contribution in [2.45, 2.75) is 36.8 Å². The van der Waals surface area contributed by atoms with Crippen molar-refractivity contribution in [2.75, 3.05) is 13.2 Å². The largest absolute Gasteiger partial charge is 0.338 e. The zero-order valence-electron chi connectivity index (χ0n) is 7.72. The van der Waals surface area contributed by atoms with Crippen molar-refractivity contribution >= 4 is 22.6 Å². The molecule has 0 radical (unpaired) electrons. The summed E-state index contributed by atoms with van der Waals surface area (Å²) < 4.78 is 15.5. The van der Waals surface area contributed by atoms with E-state index in [2.05, 4.69) is 0 Å². The normalized spacial score (nSPS) is 24.0. The molecule has 1 heterocycles. The van der Waals surface area contributed by atoms with Gasteiger partial charge in [0.15, 0.2) is 0 Å². The van der Waals surface area contributed by atoms with Gasteiger partial charge in [-0.15, -0.1) is 0 Å². The Morgan fingerprint density at radius 3 is 2.17 bits per heavy atom. The SMILES string of the molecule is CC(C)(C)OC1(I)OCCCO1. The third kappa shape index (κ3) is 3.55. The maximum Gasteiger partial charge on any atom is 0.338 e. The first-order chi connectivity index (χ1) is 5.41. The number of halogens is 1. The van der Waals surface area contributed by atoms with E-state index in [1.54, 1.807) is 0 Å². The molecular formula is C8H15IO3. The molecule has 1 saturated heterocycles. The third-order valence-electron chi connectivity index (χ3n) is 1.27. The molecule has 3 nitrogen and oxygen atoms in total. The van der Waals surface area contributed by atoms with Crippen molar-refractivity contribution in [3.05, 3.63) is 0 Å². The van der Waals surface area contributed by atoms with Gasteiger partial charge in [-0.2, -0.15) is 0 Å². The van der Waals surface area contributed by atoms with Crippen LogP contribution in [0.2, 0.25) is 0 Å². The van der Waals surface area contributed by atoms with Crippen LogP contribution in [-0.2, 0) is 14.2 Å². The molecule has 0 aromatic carbocycles. The highest BCUT2D eigenvalue weighted by atomic mass is 127. The molecule has 1 rings (SSSR count). The van der Waals surface area contributed by atoms with E-state index in [0.717, 1.165) is 6.42 Å². The van der Waals surface area contributed by atoms with Crippen LogP contribution in [-0.4, -0.2) is 22.8 Å². The molecule has 0 aromatic rings. The molecule has 0 atom stereocenters. The van der Waals surface area contributed by atoms with Gasteiger partial charge in [0, 0.05) is 22.6 Å². The zero-order chi connectivity index (χ0) is 9.24. The van der Waals surface area contributed by atoms with Crippen molar-refractivity contribution in [1.82, 2.24) is 0 Å². The number of ether oxygens (including phenoxy) is 3. The molecule has 72 valence electrons. The van der Waals surface area contributed by atoms with E-state index >= 15 is 0 Å². The number of rotatable bonds is 1. The lowest BCUT2D eigenvalue weighted by Gasteiger charge is -2.36. The Morgan fingerprint density at radius 2 is 1.75 bits per heavy atom. The zero-order valence-corrected chi connectivity index (χ0v) is 9.88. The topological polar surface area (TPSA) is 27.7 Å². The first kappa shape index (κ1) is 10.7. The first-order valence-corrected chi connectivity index (χ1v) is 5.16. The van der Waals surface area contributed by atoms with Crippen molar-refractivity contribution < 1.29 is 14.2 Å². The highest BCUT2D eigenvalue weighted by Gasteiger charge is 2.36. The number of hydrogen-bond donors (Lipinski definition) is 0. The quantitative estimate of drug-likeness (QED) is 0.547. The van der Waals surface area contributed by atoms with Crippen LogP contribution in [0.3, 0.4) is 0 Å². The molecule has 0 aromatic heterocycles. The third-order valence-corrected chi connectivity index (χ3v) is 2.11. The Balaban J connectivity index is 2.47. The van der Waals surface area contributed by atoms with Crippen molar-refractivity contribution in [2.24, 2.45) is 0 Å². The van der Waals surface area contributed by atoms with Crippen LogP contribution in [0.15, 0.2) is 0 Å². The van der Waals surface area contributed by atoms with E-state index in [4.69, 9.17) is 14.2 Å². The second-order valence-electron chi connectivity index (χ2n) is 3.75. The maximum atomic E-state index is 5.61. The van der Waals surface area contributed by atoms with Gasteiger partial charge in [0.1, 0.15) is 0 Å². The summed E-state index contributed by atoms with van der Waals surface area (Å²) in [6, 6.07) is 0. The van der Waals surface area contributed by atoms with Crippen LogP contribution in [0, 0.1) is 0 Å². The fourth-order valence-corrected chi connectivity index (χ4v) is 2.01. The minimum atomic E-state index is -0.867. The number of hydrogen-bond acceptors (Lipinski definition) is 3. The van der Waals surface area contributed by atoms with E-state index in [9.17, 15) is 0 Å². The molecule has 1 aliphatic heterocycles. The van der Waals surface area contributed by atoms with Gasteiger partial charge in [0.2, 0.25) is 0 Å². The first-order valence-electron chi connectivity index (χ1n) is 4.08. The van der Waals surface area contributed by atoms with E-state index in [1.807, 2.05) is 43.4 Å². The van der Waals surface area contributed by atoms with Gasteiger partial charge in [0.25, 0.3) is 0 Å². The summed E-state index contributed by atoms with van der Waals surface area (Å²) in [6.07, 6.45) is 0.943. The van der Waals surface area contributed by atoms with Crippen molar-refractivity contribution in [3.8, 4) is 0 Å². The lowest BCUT2D eigenvalue weighted by molar-refractivity contribution is -0.351. The summed E-state index contributed by atoms with van der Waals surface area (Å²) in [5, 5.41) is 0. The lowest BCUT2D eigenvalue weighted by atomic mass is 10.2. The molecule has 0 saturated carbocycles. The minimum Gasteiger partial charge on any atom is -0.319 e. The molecule has 0 bridgehead atoms. The number of alkyl halides is 1. The molecule has 0 unspecified atom stereocenters. The second-order valence-corrected chi connectivity index (χ2v) is 5.07. The maximum absolute atomic E-state index is 5.61. The Hall–Kier alpha value is 0.610. The van der Waals surface area contributed by atoms with Gasteiger partial charge in [-0.05, 0) is 27.2 Å². The van der Waals surface area contributed by atoms with Crippen LogP contribution >= 0.6 is 22.6 Å². The van der Waals surface area contributed by atoms with E-state index in [0.29, 0.717) is 13.2 Å². The van der Waals surface area contributed by atoms with Gasteiger partial charge < -0.3 is 14.2 Å². The molecule has 1 fully saturated rings. The van der Waals surface area contributed by atoms with Gasteiger partial charge >= 0.3 is 3.98 Å². The smallest absolute Gasteiger partial charge is 0.319 e. The minimum absolute atomic E-state index is 0.238. The summed E-state index contributed by atoms with van der Waals surface area (Å²) in [5.41, 5.74) is -0.238. The fourth-order valence-electron chi connectivity index (χ4n) is 0.913. The van der Waals surface area contributed by atoms with Gasteiger partial charge in [-0.25, -0.2) is 0 Å². The average Bonchev–Trinajstić information content (AvgIpc) is 1.83. The summed E-state index contributed by atoms with van der Waals surface area (Å²) in [6.45, 7) is 7.36. The summed E-state index contributed by atoms with van der Waals surface area (Å²) in [5.74, 6) is 0. The summed E-state index contributed by atoms with van der Waals surface area (Å²) >= 11 is 2.05. The molecule has 0 aliphatic carbocycles. The van der Waals surface area contributed by atoms with Gasteiger partial charge in [-0.1, -0.05) is 0 Å². The Morgan fingerprint density at radius 1 is 1.25 bits per heavy atom. The van der Waals surface area contributed by atoms with Crippen molar-refractivity contribution in [1.29, 1.82) is 0 Å². The second kappa shape index (κ2) is 3.77. The standard InChI is InChI=1S/C8H15IO3/c1-7(2,3)12-8(9)10-5-4-6-11-8/h4-6H2,1-3H3. The van der Waals surface area contributed by atoms with Crippen LogP contribution in [0.5, 0.6) is 0 Å². The van der Waals surface area contributed by atoms with Crippen LogP contribution in [0.25, 0.3) is 0 Å². The van der Waals surface area contributed by atoms with E-state index < -0.39 is 3.98 Å². The molecule has 12 heavy (non-hydrogen) atoms. The van der Waals surface area contributed by atoms with E-state index in [1.165, 1.54) is 0 Å².